The first-order valence-corrected chi connectivity index (χ1v) is 6.30. The van der Waals surface area contributed by atoms with Crippen LogP contribution < -0.4 is 5.32 Å². The lowest BCUT2D eigenvalue weighted by Crippen LogP contribution is -2.34. The molecule has 0 spiro atoms. The van der Waals surface area contributed by atoms with E-state index in [2.05, 4.69) is 36.5 Å². The summed E-state index contributed by atoms with van der Waals surface area (Å²) in [7, 11) is 0. The first kappa shape index (κ1) is 11.6. The quantitative estimate of drug-likeness (QED) is 0.840. The number of morpholine rings is 1. The Morgan fingerprint density at radius 1 is 1.31 bits per heavy atom. The second-order valence-corrected chi connectivity index (χ2v) is 4.43. The van der Waals surface area contributed by atoms with Gasteiger partial charge < -0.3 is 10.1 Å². The number of aryl methyl sites for hydroxylation is 1. The number of nitrogens with one attached hydrogen (secondary N) is 1. The normalized spacial score (nSPS) is 20.9. The van der Waals surface area contributed by atoms with E-state index in [9.17, 15) is 0 Å². The Kier molecular flexibility index (Phi) is 4.37. The third-order valence-electron chi connectivity index (χ3n) is 3.12. The highest BCUT2D eigenvalue weighted by atomic mass is 16.5. The molecule has 1 aromatic rings. The first-order valence-electron chi connectivity index (χ1n) is 6.30. The van der Waals surface area contributed by atoms with E-state index in [1.807, 2.05) is 0 Å². The molecule has 1 atom stereocenters. The summed E-state index contributed by atoms with van der Waals surface area (Å²) in [5, 5.41) is 3.47. The Morgan fingerprint density at radius 3 is 2.75 bits per heavy atom. The van der Waals surface area contributed by atoms with Crippen LogP contribution >= 0.6 is 0 Å². The Morgan fingerprint density at radius 2 is 2.12 bits per heavy atom. The molecule has 1 unspecified atom stereocenters. The summed E-state index contributed by atoms with van der Waals surface area (Å²) in [5.41, 5.74) is 2.79. The number of rotatable bonds is 4. The van der Waals surface area contributed by atoms with Crippen LogP contribution in [0.25, 0.3) is 0 Å². The van der Waals surface area contributed by atoms with Gasteiger partial charge in [0.15, 0.2) is 0 Å². The van der Waals surface area contributed by atoms with Gasteiger partial charge in [-0.2, -0.15) is 0 Å². The summed E-state index contributed by atoms with van der Waals surface area (Å²) >= 11 is 0. The second kappa shape index (κ2) is 6.02. The average molecular weight is 219 g/mol. The third-order valence-corrected chi connectivity index (χ3v) is 3.12. The number of benzene rings is 1. The summed E-state index contributed by atoms with van der Waals surface area (Å²) in [6.45, 7) is 4.83. The molecule has 0 bridgehead atoms. The molecule has 0 aliphatic carbocycles. The van der Waals surface area contributed by atoms with Crippen molar-refractivity contribution in [3.63, 3.8) is 0 Å². The summed E-state index contributed by atoms with van der Waals surface area (Å²) in [5.74, 6) is 0. The summed E-state index contributed by atoms with van der Waals surface area (Å²) in [6.07, 6.45) is 3.75. The maximum atomic E-state index is 5.47. The fraction of sp³-hybridized carbons (Fsp3) is 0.571. The maximum Gasteiger partial charge on any atom is 0.0662 e. The predicted molar refractivity (Wildman–Crippen MR) is 66.6 cm³/mol. The summed E-state index contributed by atoms with van der Waals surface area (Å²) < 4.78 is 5.47. The number of unbranched alkanes of at least 4 members (excludes halogenated alkanes) is 1. The van der Waals surface area contributed by atoms with Crippen molar-refractivity contribution in [1.82, 2.24) is 5.32 Å². The Bertz CT molecular complexity index is 301. The molecule has 1 saturated heterocycles. The lowest BCUT2D eigenvalue weighted by molar-refractivity contribution is 0.0769. The smallest absolute Gasteiger partial charge is 0.0662 e. The maximum absolute atomic E-state index is 5.47. The molecular weight excluding hydrogens is 198 g/mol. The molecule has 1 fully saturated rings. The molecule has 0 saturated carbocycles. The molecule has 88 valence electrons. The molecular formula is C14H21NO. The van der Waals surface area contributed by atoms with E-state index in [1.54, 1.807) is 0 Å². The highest BCUT2D eigenvalue weighted by molar-refractivity contribution is 5.25. The highest BCUT2D eigenvalue weighted by Gasteiger charge is 2.14. The fourth-order valence-corrected chi connectivity index (χ4v) is 2.08. The van der Waals surface area contributed by atoms with Crippen LogP contribution in [0, 0.1) is 0 Å². The van der Waals surface area contributed by atoms with Crippen molar-refractivity contribution in [3.8, 4) is 0 Å². The fourth-order valence-electron chi connectivity index (χ4n) is 2.08. The van der Waals surface area contributed by atoms with E-state index >= 15 is 0 Å². The minimum Gasteiger partial charge on any atom is -0.378 e. The average Bonchev–Trinajstić information content (AvgIpc) is 2.38. The Balaban J connectivity index is 1.95. The van der Waals surface area contributed by atoms with Crippen molar-refractivity contribution in [2.75, 3.05) is 19.8 Å². The van der Waals surface area contributed by atoms with Crippen LogP contribution in [0.5, 0.6) is 0 Å². The molecule has 16 heavy (non-hydrogen) atoms. The topological polar surface area (TPSA) is 21.3 Å². The Hall–Kier alpha value is -0.860. The van der Waals surface area contributed by atoms with Crippen molar-refractivity contribution in [2.24, 2.45) is 0 Å². The third kappa shape index (κ3) is 3.06. The van der Waals surface area contributed by atoms with E-state index in [1.165, 1.54) is 30.4 Å². The van der Waals surface area contributed by atoms with Gasteiger partial charge in [0.1, 0.15) is 0 Å². The minimum atomic E-state index is 0.383. The van der Waals surface area contributed by atoms with Gasteiger partial charge in [0.05, 0.1) is 19.3 Å². The Labute approximate surface area is 98.0 Å². The van der Waals surface area contributed by atoms with Gasteiger partial charge in [-0.1, -0.05) is 37.6 Å². The van der Waals surface area contributed by atoms with Crippen molar-refractivity contribution in [3.05, 3.63) is 35.4 Å². The van der Waals surface area contributed by atoms with Crippen LogP contribution in [-0.2, 0) is 11.2 Å². The van der Waals surface area contributed by atoms with Gasteiger partial charge in [0.25, 0.3) is 0 Å². The second-order valence-electron chi connectivity index (χ2n) is 4.43. The van der Waals surface area contributed by atoms with E-state index in [0.29, 0.717) is 6.04 Å². The van der Waals surface area contributed by atoms with Crippen LogP contribution in [0.3, 0.4) is 0 Å². The molecule has 2 nitrogen and oxygen atoms in total. The molecule has 2 heteroatoms. The van der Waals surface area contributed by atoms with Crippen LogP contribution in [0.2, 0.25) is 0 Å². The van der Waals surface area contributed by atoms with E-state index in [-0.39, 0.29) is 0 Å². The zero-order valence-corrected chi connectivity index (χ0v) is 10.0. The minimum absolute atomic E-state index is 0.383. The number of hydrogen-bond acceptors (Lipinski definition) is 2. The molecule has 1 aliphatic rings. The van der Waals surface area contributed by atoms with Crippen LogP contribution in [0.4, 0.5) is 0 Å². The van der Waals surface area contributed by atoms with Gasteiger partial charge in [-0.3, -0.25) is 0 Å². The molecule has 1 heterocycles. The van der Waals surface area contributed by atoms with Gasteiger partial charge in [0.2, 0.25) is 0 Å². The molecule has 0 aromatic heterocycles. The monoisotopic (exact) mass is 219 g/mol. The molecule has 0 radical (unpaired) electrons. The van der Waals surface area contributed by atoms with Crippen molar-refractivity contribution in [1.29, 1.82) is 0 Å². The van der Waals surface area contributed by atoms with Crippen LogP contribution in [-0.4, -0.2) is 19.8 Å². The molecule has 1 aromatic carbocycles. The van der Waals surface area contributed by atoms with Gasteiger partial charge in [-0.15, -0.1) is 0 Å². The van der Waals surface area contributed by atoms with Gasteiger partial charge in [-0.05, 0) is 24.0 Å². The summed E-state index contributed by atoms with van der Waals surface area (Å²) in [6, 6.07) is 9.35. The van der Waals surface area contributed by atoms with Crippen LogP contribution in [0.1, 0.15) is 36.9 Å². The molecule has 1 aliphatic heterocycles. The standard InChI is InChI=1S/C14H21NO/c1-2-3-4-12-5-7-13(8-6-12)14-11-16-10-9-15-14/h5-8,14-15H,2-4,9-11H2,1H3. The van der Waals surface area contributed by atoms with Gasteiger partial charge in [0, 0.05) is 6.54 Å². The number of ether oxygens (including phenoxy) is 1. The van der Waals surface area contributed by atoms with E-state index in [0.717, 1.165) is 19.8 Å². The highest BCUT2D eigenvalue weighted by Crippen LogP contribution is 2.17. The first-order chi connectivity index (χ1) is 7.90. The number of hydrogen-bond donors (Lipinski definition) is 1. The van der Waals surface area contributed by atoms with Crippen molar-refractivity contribution in [2.45, 2.75) is 32.2 Å². The zero-order chi connectivity index (χ0) is 11.2. The van der Waals surface area contributed by atoms with E-state index in [4.69, 9.17) is 4.74 Å². The molecule has 1 N–H and O–H groups in total. The zero-order valence-electron chi connectivity index (χ0n) is 10.0. The lowest BCUT2D eigenvalue weighted by atomic mass is 10.0. The largest absolute Gasteiger partial charge is 0.378 e. The van der Waals surface area contributed by atoms with Crippen LogP contribution in [0.15, 0.2) is 24.3 Å². The van der Waals surface area contributed by atoms with Crippen molar-refractivity contribution >= 4 is 0 Å². The van der Waals surface area contributed by atoms with E-state index < -0.39 is 0 Å². The SMILES string of the molecule is CCCCc1ccc(C2COCCN2)cc1. The molecule has 0 amide bonds. The summed E-state index contributed by atoms with van der Waals surface area (Å²) in [4.78, 5) is 0. The predicted octanol–water partition coefficient (Wildman–Crippen LogP) is 2.69. The lowest BCUT2D eigenvalue weighted by Gasteiger charge is -2.24. The van der Waals surface area contributed by atoms with Crippen molar-refractivity contribution < 1.29 is 4.74 Å². The van der Waals surface area contributed by atoms with Gasteiger partial charge in [-0.25, -0.2) is 0 Å². The molecule has 2 rings (SSSR count). The van der Waals surface area contributed by atoms with Gasteiger partial charge >= 0.3 is 0 Å².